The van der Waals surface area contributed by atoms with E-state index < -0.39 is 0 Å². The van der Waals surface area contributed by atoms with Gasteiger partial charge in [0, 0.05) is 44.1 Å². The summed E-state index contributed by atoms with van der Waals surface area (Å²) in [6, 6.07) is 7.75. The standard InChI is InChI=1S/C24H37N5O4/c1-18-12-29(19(2)16-30)24(31)10-7-11-28-14-21(25-26-28)17-33-23(18)15-27(3)13-20-8-5-6-9-22(20)32-4/h5-6,8-9,14,18-19,23,30H,7,10-13,15-17H2,1-4H3/t18-,19+,23+/m1/s1. The van der Waals surface area contributed by atoms with E-state index in [-0.39, 0.29) is 30.6 Å². The normalized spacial score (nSPS) is 21.3. The molecule has 0 spiro atoms. The van der Waals surface area contributed by atoms with Crippen LogP contribution in [0.3, 0.4) is 0 Å². The lowest BCUT2D eigenvalue weighted by atomic mass is 10.0. The van der Waals surface area contributed by atoms with E-state index in [1.807, 2.05) is 31.3 Å². The molecule has 2 aromatic rings. The van der Waals surface area contributed by atoms with Gasteiger partial charge in [-0.1, -0.05) is 30.3 Å². The fourth-order valence-electron chi connectivity index (χ4n) is 4.19. The Hall–Kier alpha value is -2.49. The average molecular weight is 460 g/mol. The lowest BCUT2D eigenvalue weighted by molar-refractivity contribution is -0.136. The lowest BCUT2D eigenvalue weighted by Crippen LogP contribution is -2.47. The van der Waals surface area contributed by atoms with Gasteiger partial charge >= 0.3 is 0 Å². The quantitative estimate of drug-likeness (QED) is 0.676. The zero-order valence-corrected chi connectivity index (χ0v) is 20.2. The predicted molar refractivity (Wildman–Crippen MR) is 125 cm³/mol. The van der Waals surface area contributed by atoms with Crippen LogP contribution in [0.1, 0.15) is 37.9 Å². The van der Waals surface area contributed by atoms with Crippen LogP contribution >= 0.6 is 0 Å². The van der Waals surface area contributed by atoms with Crippen LogP contribution in [-0.2, 0) is 29.2 Å². The molecule has 3 atom stereocenters. The molecule has 3 rings (SSSR count). The number of carbonyl (C=O) groups excluding carboxylic acids is 1. The number of hydrogen-bond acceptors (Lipinski definition) is 7. The number of carbonyl (C=O) groups is 1. The van der Waals surface area contributed by atoms with Crippen molar-refractivity contribution in [3.8, 4) is 5.75 Å². The van der Waals surface area contributed by atoms with Crippen LogP contribution in [0, 0.1) is 5.92 Å². The Kier molecular flexibility index (Phi) is 9.22. The molecule has 0 unspecified atom stereocenters. The van der Waals surface area contributed by atoms with Crippen LogP contribution in [0.15, 0.2) is 30.5 Å². The fraction of sp³-hybridized carbons (Fsp3) is 0.625. The molecule has 182 valence electrons. The van der Waals surface area contributed by atoms with Gasteiger partial charge in [0.2, 0.25) is 5.91 Å². The number of para-hydroxylation sites is 1. The molecule has 1 aliphatic heterocycles. The summed E-state index contributed by atoms with van der Waals surface area (Å²) in [6.07, 6.45) is 2.83. The molecule has 2 heterocycles. The summed E-state index contributed by atoms with van der Waals surface area (Å²) in [5.41, 5.74) is 1.89. The summed E-state index contributed by atoms with van der Waals surface area (Å²) < 4.78 is 13.6. The smallest absolute Gasteiger partial charge is 0.222 e. The second-order valence-electron chi connectivity index (χ2n) is 8.99. The minimum Gasteiger partial charge on any atom is -0.496 e. The van der Waals surface area contributed by atoms with Crippen LogP contribution in [0.2, 0.25) is 0 Å². The largest absolute Gasteiger partial charge is 0.496 e. The van der Waals surface area contributed by atoms with E-state index in [9.17, 15) is 9.90 Å². The van der Waals surface area contributed by atoms with Gasteiger partial charge in [0.1, 0.15) is 11.4 Å². The highest BCUT2D eigenvalue weighted by Gasteiger charge is 2.28. The highest BCUT2D eigenvalue weighted by atomic mass is 16.5. The maximum Gasteiger partial charge on any atom is 0.222 e. The van der Waals surface area contributed by atoms with Crippen molar-refractivity contribution in [3.63, 3.8) is 0 Å². The van der Waals surface area contributed by atoms with Crippen molar-refractivity contribution >= 4 is 5.91 Å². The van der Waals surface area contributed by atoms with E-state index in [4.69, 9.17) is 9.47 Å². The Morgan fingerprint density at radius 1 is 1.36 bits per heavy atom. The number of aromatic nitrogens is 3. The molecule has 0 saturated heterocycles. The van der Waals surface area contributed by atoms with E-state index in [1.165, 1.54) is 0 Å². The van der Waals surface area contributed by atoms with Gasteiger partial charge in [0.15, 0.2) is 0 Å². The number of rotatable bonds is 7. The van der Waals surface area contributed by atoms with Gasteiger partial charge in [-0.3, -0.25) is 14.4 Å². The minimum atomic E-state index is -0.241. The number of fused-ring (bicyclic) bond motifs is 2. The number of hydrogen-bond donors (Lipinski definition) is 1. The molecule has 1 aromatic heterocycles. The van der Waals surface area contributed by atoms with Crippen molar-refractivity contribution < 1.29 is 19.4 Å². The number of aliphatic hydroxyl groups excluding tert-OH is 1. The highest BCUT2D eigenvalue weighted by molar-refractivity contribution is 5.76. The maximum atomic E-state index is 13.0. The summed E-state index contributed by atoms with van der Waals surface area (Å²) in [4.78, 5) is 17.0. The fourth-order valence-corrected chi connectivity index (χ4v) is 4.19. The summed E-state index contributed by atoms with van der Waals surface area (Å²) >= 11 is 0. The van der Waals surface area contributed by atoms with E-state index in [0.29, 0.717) is 45.6 Å². The minimum absolute atomic E-state index is 0.0455. The molecule has 1 amide bonds. The first kappa shape index (κ1) is 25.1. The third kappa shape index (κ3) is 6.99. The molecule has 0 radical (unpaired) electrons. The number of ether oxygens (including phenoxy) is 2. The molecule has 2 bridgehead atoms. The monoisotopic (exact) mass is 459 g/mol. The molecule has 1 aliphatic rings. The molecule has 33 heavy (non-hydrogen) atoms. The molecular weight excluding hydrogens is 422 g/mol. The zero-order valence-electron chi connectivity index (χ0n) is 20.2. The van der Waals surface area contributed by atoms with Crippen molar-refractivity contribution in [2.75, 3.05) is 33.9 Å². The van der Waals surface area contributed by atoms with Crippen molar-refractivity contribution in [2.45, 2.75) is 58.5 Å². The Balaban J connectivity index is 1.77. The van der Waals surface area contributed by atoms with Gasteiger partial charge in [-0.15, -0.1) is 5.10 Å². The predicted octanol–water partition coefficient (Wildman–Crippen LogP) is 1.94. The Labute approximate surface area is 196 Å². The van der Waals surface area contributed by atoms with Crippen molar-refractivity contribution in [3.05, 3.63) is 41.7 Å². The number of methoxy groups -OCH3 is 1. The molecule has 9 nitrogen and oxygen atoms in total. The van der Waals surface area contributed by atoms with Gasteiger partial charge in [0.25, 0.3) is 0 Å². The summed E-state index contributed by atoms with van der Waals surface area (Å²) in [7, 11) is 3.74. The first-order valence-electron chi connectivity index (χ1n) is 11.6. The molecule has 0 aliphatic carbocycles. The molecular formula is C24H37N5O4. The summed E-state index contributed by atoms with van der Waals surface area (Å²) in [5.74, 6) is 0.960. The van der Waals surface area contributed by atoms with Crippen LogP contribution in [0.4, 0.5) is 0 Å². The first-order chi connectivity index (χ1) is 15.9. The van der Waals surface area contributed by atoms with E-state index in [0.717, 1.165) is 17.0 Å². The Morgan fingerprint density at radius 2 is 2.15 bits per heavy atom. The van der Waals surface area contributed by atoms with E-state index in [1.54, 1.807) is 16.7 Å². The van der Waals surface area contributed by atoms with Crippen molar-refractivity contribution in [1.29, 1.82) is 0 Å². The number of benzene rings is 1. The molecule has 9 heteroatoms. The Bertz CT molecular complexity index is 889. The van der Waals surface area contributed by atoms with Crippen LogP contribution in [-0.4, -0.2) is 81.8 Å². The van der Waals surface area contributed by atoms with Gasteiger partial charge < -0.3 is 19.5 Å². The van der Waals surface area contributed by atoms with Crippen LogP contribution in [0.5, 0.6) is 5.75 Å². The number of nitrogens with zero attached hydrogens (tertiary/aromatic N) is 5. The topological polar surface area (TPSA) is 93.0 Å². The average Bonchev–Trinajstić information content (AvgIpc) is 3.27. The SMILES string of the molecule is COc1ccccc1CN(C)C[C@@H]1OCc2cn(nn2)CCCC(=O)N([C@@H](C)CO)C[C@H]1C. The molecule has 0 fully saturated rings. The zero-order chi connectivity index (χ0) is 23.8. The highest BCUT2D eigenvalue weighted by Crippen LogP contribution is 2.21. The number of likely N-dealkylation sites (N-methyl/N-ethyl adjacent to an activating group) is 1. The maximum absolute atomic E-state index is 13.0. The van der Waals surface area contributed by atoms with Crippen molar-refractivity contribution in [2.24, 2.45) is 5.92 Å². The van der Waals surface area contributed by atoms with Gasteiger partial charge in [-0.25, -0.2) is 0 Å². The third-order valence-corrected chi connectivity index (χ3v) is 6.17. The number of aryl methyl sites for hydroxylation is 1. The number of amides is 1. The molecule has 1 N–H and O–H groups in total. The van der Waals surface area contributed by atoms with Gasteiger partial charge in [0.05, 0.1) is 38.7 Å². The van der Waals surface area contributed by atoms with Gasteiger partial charge in [-0.2, -0.15) is 0 Å². The van der Waals surface area contributed by atoms with E-state index >= 15 is 0 Å². The van der Waals surface area contributed by atoms with E-state index in [2.05, 4.69) is 35.2 Å². The lowest BCUT2D eigenvalue weighted by Gasteiger charge is -2.35. The number of aliphatic hydroxyl groups is 1. The third-order valence-electron chi connectivity index (χ3n) is 6.17. The second-order valence-corrected chi connectivity index (χ2v) is 8.99. The summed E-state index contributed by atoms with van der Waals surface area (Å²) in [5, 5.41) is 18.1. The molecule has 1 aromatic carbocycles. The molecule has 0 saturated carbocycles. The summed E-state index contributed by atoms with van der Waals surface area (Å²) in [6.45, 7) is 6.81. The van der Waals surface area contributed by atoms with Crippen molar-refractivity contribution in [1.82, 2.24) is 24.8 Å². The second kappa shape index (κ2) is 12.1. The van der Waals surface area contributed by atoms with Crippen LogP contribution in [0.25, 0.3) is 0 Å². The Morgan fingerprint density at radius 3 is 2.91 bits per heavy atom. The first-order valence-corrected chi connectivity index (χ1v) is 11.6. The van der Waals surface area contributed by atoms with Crippen LogP contribution < -0.4 is 4.74 Å². The van der Waals surface area contributed by atoms with Gasteiger partial charge in [-0.05, 0) is 26.5 Å².